The molecular weight excluding hydrogens is 162 g/mol. The van der Waals surface area contributed by atoms with E-state index in [9.17, 15) is 9.90 Å². The summed E-state index contributed by atoms with van der Waals surface area (Å²) in [4.78, 5) is 10.4. The Hall–Kier alpha value is -0.220. The highest BCUT2D eigenvalue weighted by Crippen LogP contribution is 2.17. The van der Waals surface area contributed by atoms with Crippen molar-refractivity contribution in [1.82, 2.24) is 0 Å². The van der Waals surface area contributed by atoms with Crippen molar-refractivity contribution in [3.63, 3.8) is 0 Å². The minimum Gasteiger partial charge on any atom is -0.544 e. The van der Waals surface area contributed by atoms with Gasteiger partial charge < -0.3 is 15.2 Å². The first kappa shape index (κ1) is 8.87. The summed E-state index contributed by atoms with van der Waals surface area (Å²) in [5, 5.41) is 12.7. The first-order valence-corrected chi connectivity index (χ1v) is 4.83. The van der Waals surface area contributed by atoms with Crippen LogP contribution in [0.5, 0.6) is 0 Å². The van der Waals surface area contributed by atoms with Crippen molar-refractivity contribution in [2.45, 2.75) is 25.3 Å². The fraction of sp³-hybridized carbons (Fsp3) is 0.857. The van der Waals surface area contributed by atoms with Crippen molar-refractivity contribution < 1.29 is 15.2 Å². The van der Waals surface area contributed by atoms with E-state index in [2.05, 4.69) is 13.8 Å². The van der Waals surface area contributed by atoms with Crippen molar-refractivity contribution in [2.75, 3.05) is 5.75 Å². The number of hydrogen-bond acceptors (Lipinski definition) is 3. The van der Waals surface area contributed by atoms with Crippen LogP contribution in [0.25, 0.3) is 0 Å². The standard InChI is InChI=1S/C7H13NO2S/c1-4(2)6-8-5(3-11-6)7(9)10/h4-6,8H,3H2,1-2H3,(H,9,10)/t5-,6-/m0/s1. The minimum absolute atomic E-state index is 0.326. The van der Waals surface area contributed by atoms with Gasteiger partial charge in [-0.25, -0.2) is 0 Å². The Morgan fingerprint density at radius 3 is 2.64 bits per heavy atom. The van der Waals surface area contributed by atoms with Crippen LogP contribution in [-0.4, -0.2) is 23.1 Å². The van der Waals surface area contributed by atoms with Crippen LogP contribution < -0.4 is 10.4 Å². The largest absolute Gasteiger partial charge is 0.544 e. The molecule has 1 aliphatic rings. The van der Waals surface area contributed by atoms with Crippen LogP contribution in [0.4, 0.5) is 0 Å². The number of quaternary nitrogens is 1. The van der Waals surface area contributed by atoms with E-state index in [0.717, 1.165) is 0 Å². The summed E-state index contributed by atoms with van der Waals surface area (Å²) >= 11 is 1.71. The summed E-state index contributed by atoms with van der Waals surface area (Å²) in [6.45, 7) is 4.21. The zero-order valence-electron chi connectivity index (χ0n) is 6.74. The summed E-state index contributed by atoms with van der Waals surface area (Å²) in [6.07, 6.45) is 0. The summed E-state index contributed by atoms with van der Waals surface area (Å²) in [6, 6.07) is -0.326. The van der Waals surface area contributed by atoms with Gasteiger partial charge in [0, 0.05) is 5.92 Å². The van der Waals surface area contributed by atoms with Crippen molar-refractivity contribution in [3.8, 4) is 0 Å². The molecule has 0 amide bonds. The average molecular weight is 175 g/mol. The number of aliphatic carboxylic acids is 1. The molecule has 0 aliphatic carbocycles. The zero-order valence-corrected chi connectivity index (χ0v) is 7.56. The summed E-state index contributed by atoms with van der Waals surface area (Å²) in [5.41, 5.74) is 0. The molecule has 3 nitrogen and oxygen atoms in total. The van der Waals surface area contributed by atoms with Gasteiger partial charge in [0.2, 0.25) is 0 Å². The number of nitrogens with two attached hydrogens (primary N) is 1. The number of carboxylic acids is 1. The second kappa shape index (κ2) is 3.45. The second-order valence-electron chi connectivity index (χ2n) is 3.16. The van der Waals surface area contributed by atoms with Gasteiger partial charge in [-0.05, 0) is 0 Å². The highest BCUT2D eigenvalue weighted by atomic mass is 32.2. The predicted octanol–water partition coefficient (Wildman–Crippen LogP) is -1.60. The molecule has 0 spiro atoms. The molecule has 0 radical (unpaired) electrons. The highest BCUT2D eigenvalue weighted by molar-refractivity contribution is 7.99. The Kier molecular flexibility index (Phi) is 2.78. The summed E-state index contributed by atoms with van der Waals surface area (Å²) < 4.78 is 0. The van der Waals surface area contributed by atoms with E-state index < -0.39 is 5.97 Å². The van der Waals surface area contributed by atoms with Gasteiger partial charge in [0.25, 0.3) is 0 Å². The summed E-state index contributed by atoms with van der Waals surface area (Å²) in [7, 11) is 0. The van der Waals surface area contributed by atoms with Gasteiger partial charge in [-0.15, -0.1) is 0 Å². The molecule has 0 saturated carbocycles. The molecule has 1 fully saturated rings. The molecule has 2 atom stereocenters. The predicted molar refractivity (Wildman–Crippen MR) is 41.8 cm³/mol. The number of carboxylic acid groups (broad SMARTS) is 1. The van der Waals surface area contributed by atoms with Gasteiger partial charge >= 0.3 is 0 Å². The maximum Gasteiger partial charge on any atom is 0.136 e. The third-order valence-corrected chi connectivity index (χ3v) is 3.49. The van der Waals surface area contributed by atoms with Crippen LogP contribution in [0.2, 0.25) is 0 Å². The van der Waals surface area contributed by atoms with E-state index in [1.165, 1.54) is 0 Å². The van der Waals surface area contributed by atoms with Gasteiger partial charge in [0.05, 0.1) is 5.75 Å². The Balaban J connectivity index is 2.41. The van der Waals surface area contributed by atoms with Crippen LogP contribution in [0.15, 0.2) is 0 Å². The first-order chi connectivity index (χ1) is 5.11. The Morgan fingerprint density at radius 2 is 2.36 bits per heavy atom. The molecule has 0 aromatic carbocycles. The molecule has 0 aromatic rings. The van der Waals surface area contributed by atoms with E-state index in [4.69, 9.17) is 0 Å². The van der Waals surface area contributed by atoms with Crippen molar-refractivity contribution in [1.29, 1.82) is 0 Å². The number of carbonyl (C=O) groups is 1. The van der Waals surface area contributed by atoms with Crippen LogP contribution in [-0.2, 0) is 4.79 Å². The highest BCUT2D eigenvalue weighted by Gasteiger charge is 2.31. The van der Waals surface area contributed by atoms with Gasteiger partial charge in [0.1, 0.15) is 17.4 Å². The maximum atomic E-state index is 10.4. The molecule has 0 bridgehead atoms. The van der Waals surface area contributed by atoms with Crippen LogP contribution in [0.1, 0.15) is 13.8 Å². The van der Waals surface area contributed by atoms with Crippen LogP contribution in [0, 0.1) is 5.92 Å². The SMILES string of the molecule is CC(C)[C@H]1[NH2+][C@H](C(=O)[O-])CS1. The molecule has 0 aromatic heterocycles. The average Bonchev–Trinajstić information content (AvgIpc) is 2.33. The normalized spacial score (nSPS) is 31.2. The third-order valence-electron chi connectivity index (χ3n) is 1.85. The van der Waals surface area contributed by atoms with E-state index >= 15 is 0 Å². The molecule has 64 valence electrons. The van der Waals surface area contributed by atoms with E-state index in [1.807, 2.05) is 5.32 Å². The quantitative estimate of drug-likeness (QED) is 0.550. The van der Waals surface area contributed by atoms with Crippen LogP contribution >= 0.6 is 11.8 Å². The fourth-order valence-corrected chi connectivity index (χ4v) is 2.48. The lowest BCUT2D eigenvalue weighted by atomic mass is 10.2. The van der Waals surface area contributed by atoms with Gasteiger partial charge in [0.15, 0.2) is 0 Å². The molecule has 1 saturated heterocycles. The van der Waals surface area contributed by atoms with Crippen molar-refractivity contribution in [3.05, 3.63) is 0 Å². The van der Waals surface area contributed by atoms with Gasteiger partial charge in [-0.1, -0.05) is 25.6 Å². The molecule has 2 N–H and O–H groups in total. The monoisotopic (exact) mass is 175 g/mol. The lowest BCUT2D eigenvalue weighted by Crippen LogP contribution is -2.95. The smallest absolute Gasteiger partial charge is 0.136 e. The van der Waals surface area contributed by atoms with Gasteiger partial charge in [-0.2, -0.15) is 0 Å². The molecule has 11 heavy (non-hydrogen) atoms. The molecule has 1 rings (SSSR count). The lowest BCUT2D eigenvalue weighted by Gasteiger charge is -2.12. The fourth-order valence-electron chi connectivity index (χ4n) is 1.12. The van der Waals surface area contributed by atoms with Crippen molar-refractivity contribution in [2.24, 2.45) is 5.92 Å². The third kappa shape index (κ3) is 2.10. The number of carbonyl (C=O) groups excluding carboxylic acids is 1. The molecular formula is C7H13NO2S. The molecule has 0 unspecified atom stereocenters. The number of thioether (sulfide) groups is 1. The van der Waals surface area contributed by atoms with Crippen molar-refractivity contribution >= 4 is 17.7 Å². The first-order valence-electron chi connectivity index (χ1n) is 3.78. The molecule has 4 heteroatoms. The zero-order chi connectivity index (χ0) is 8.43. The Labute approximate surface area is 70.6 Å². The molecule has 1 heterocycles. The maximum absolute atomic E-state index is 10.4. The Morgan fingerprint density at radius 1 is 1.73 bits per heavy atom. The Bertz CT molecular complexity index is 161. The van der Waals surface area contributed by atoms with Gasteiger partial charge in [-0.3, -0.25) is 0 Å². The topological polar surface area (TPSA) is 56.7 Å². The number of hydrogen-bond donors (Lipinski definition) is 1. The molecule has 1 aliphatic heterocycles. The number of rotatable bonds is 2. The van der Waals surface area contributed by atoms with E-state index in [0.29, 0.717) is 17.0 Å². The summed E-state index contributed by atoms with van der Waals surface area (Å²) in [5.74, 6) is 0.288. The second-order valence-corrected chi connectivity index (χ2v) is 4.37. The van der Waals surface area contributed by atoms with Crippen LogP contribution in [0.3, 0.4) is 0 Å². The van der Waals surface area contributed by atoms with E-state index in [-0.39, 0.29) is 6.04 Å². The lowest BCUT2D eigenvalue weighted by molar-refractivity contribution is -0.689. The van der Waals surface area contributed by atoms with E-state index in [1.54, 1.807) is 11.8 Å². The minimum atomic E-state index is -0.930.